The van der Waals surface area contributed by atoms with Gasteiger partial charge in [0.1, 0.15) is 21.4 Å². The van der Waals surface area contributed by atoms with Crippen molar-refractivity contribution < 1.29 is 13.7 Å². The zero-order valence-corrected chi connectivity index (χ0v) is 31.7. The second kappa shape index (κ2) is 15.5. The minimum atomic E-state index is -3.46. The van der Waals surface area contributed by atoms with Gasteiger partial charge in [-0.1, -0.05) is 212 Å². The maximum atomic E-state index is 16.4. The van der Waals surface area contributed by atoms with Gasteiger partial charge in [0.15, 0.2) is 0 Å². The second-order valence-electron chi connectivity index (χ2n) is 13.7. The lowest BCUT2D eigenvalue weighted by Gasteiger charge is -2.47. The molecule has 0 atom stereocenters. The highest BCUT2D eigenvalue weighted by molar-refractivity contribution is 7.86. The van der Waals surface area contributed by atoms with Crippen LogP contribution >= 0.6 is 21.4 Å². The lowest BCUT2D eigenvalue weighted by molar-refractivity contribution is 0.589. The van der Waals surface area contributed by atoms with Crippen LogP contribution in [0.25, 0.3) is 0 Å². The van der Waals surface area contributed by atoms with Crippen LogP contribution in [0.2, 0.25) is 0 Å². The zero-order valence-electron chi connectivity index (χ0n) is 29.0. The molecule has 0 amide bonds. The summed E-state index contributed by atoms with van der Waals surface area (Å²) in [6, 6.07) is 68.8. The fourth-order valence-corrected chi connectivity index (χ4v) is 19.0. The van der Waals surface area contributed by atoms with E-state index in [2.05, 4.69) is 12.1 Å². The lowest BCUT2D eigenvalue weighted by Crippen LogP contribution is -2.61. The van der Waals surface area contributed by atoms with Gasteiger partial charge in [0.05, 0.1) is 6.15 Å². The molecule has 0 spiro atoms. The molecule has 0 N–H and O–H groups in total. The Morgan fingerprint density at radius 1 is 0.269 bits per heavy atom. The highest BCUT2D eigenvalue weighted by Gasteiger charge is 2.46. The quantitative estimate of drug-likeness (QED) is 0.0892. The Hall–Kier alpha value is -4.71. The summed E-state index contributed by atoms with van der Waals surface area (Å²) in [5.41, 5.74) is 0.925. The Morgan fingerprint density at radius 3 is 0.635 bits per heavy atom. The van der Waals surface area contributed by atoms with Crippen molar-refractivity contribution in [2.24, 2.45) is 0 Å². The standard InChI is InChI=1S/C45H41BO3P3/c47-50(40-24-10-2-11-25-40,41-26-12-3-13-27-41)36-46(39-22-8-1-9-23-39,37-51(48,42-28-14-4-15-29-42)43-30-16-5-17-31-43)38-52(49,44-32-18-6-19-33-44)45-34-20-7-21-35-45/h1-35H,36-38H2/q-1. The van der Waals surface area contributed by atoms with E-state index < -0.39 is 27.6 Å². The first-order chi connectivity index (χ1) is 25.4. The van der Waals surface area contributed by atoms with Gasteiger partial charge in [0.2, 0.25) is 0 Å². The molecule has 7 aromatic rings. The maximum Gasteiger partial charge on any atom is 0.111 e. The highest BCUT2D eigenvalue weighted by Crippen LogP contribution is 2.55. The topological polar surface area (TPSA) is 51.2 Å². The van der Waals surface area contributed by atoms with Crippen molar-refractivity contribution in [1.82, 2.24) is 0 Å². The van der Waals surface area contributed by atoms with Gasteiger partial charge in [-0.2, -0.15) is 0 Å². The van der Waals surface area contributed by atoms with Crippen molar-refractivity contribution in [2.45, 2.75) is 0 Å². The van der Waals surface area contributed by atoms with E-state index in [1.165, 1.54) is 0 Å². The van der Waals surface area contributed by atoms with Crippen molar-refractivity contribution >= 4 is 64.9 Å². The molecule has 7 rings (SSSR count). The summed E-state index contributed by atoms with van der Waals surface area (Å²) in [7, 11) is -10.4. The van der Waals surface area contributed by atoms with Gasteiger partial charge >= 0.3 is 0 Å². The molecule has 52 heavy (non-hydrogen) atoms. The van der Waals surface area contributed by atoms with E-state index >= 15 is 13.7 Å². The minimum absolute atomic E-state index is 0.179. The monoisotopic (exact) mass is 733 g/mol. The van der Waals surface area contributed by atoms with E-state index in [0.29, 0.717) is 0 Å². The average Bonchev–Trinajstić information content (AvgIpc) is 3.23. The molecule has 0 radical (unpaired) electrons. The molecule has 0 bridgehead atoms. The van der Waals surface area contributed by atoms with Crippen molar-refractivity contribution in [3.05, 3.63) is 212 Å². The molecule has 3 nitrogen and oxygen atoms in total. The molecule has 0 aromatic heterocycles. The third-order valence-electron chi connectivity index (χ3n) is 10.4. The predicted molar refractivity (Wildman–Crippen MR) is 226 cm³/mol. The third kappa shape index (κ3) is 7.17. The van der Waals surface area contributed by atoms with Crippen LogP contribution in [0.5, 0.6) is 0 Å². The predicted octanol–water partition coefficient (Wildman–Crippen LogP) is 8.00. The summed E-state index contributed by atoms with van der Waals surface area (Å²) in [6.45, 7) is 0. The van der Waals surface area contributed by atoms with Gasteiger partial charge in [0.25, 0.3) is 0 Å². The summed E-state index contributed by atoms with van der Waals surface area (Å²) >= 11 is 0. The van der Waals surface area contributed by atoms with Crippen LogP contribution in [0.15, 0.2) is 212 Å². The van der Waals surface area contributed by atoms with E-state index in [1.54, 1.807) is 0 Å². The Kier molecular flexibility index (Phi) is 10.6. The maximum absolute atomic E-state index is 16.4. The average molecular weight is 734 g/mol. The van der Waals surface area contributed by atoms with E-state index in [1.807, 2.05) is 200 Å². The minimum Gasteiger partial charge on any atom is -0.317 e. The fraction of sp³-hybridized carbons (Fsp3) is 0.0667. The molecule has 0 fully saturated rings. The van der Waals surface area contributed by atoms with E-state index in [0.717, 1.165) is 37.3 Å². The third-order valence-corrected chi connectivity index (χ3v) is 20.8. The Bertz CT molecular complexity index is 1970. The summed E-state index contributed by atoms with van der Waals surface area (Å²) in [6.07, 6.45) is -2.17. The summed E-state index contributed by atoms with van der Waals surface area (Å²) in [5, 5.41) is 4.37. The van der Waals surface area contributed by atoms with Gasteiger partial charge in [-0.05, 0) is 0 Å². The SMILES string of the molecule is O=P(C[B-](CP(=O)(c1ccccc1)c1ccccc1)(CP(=O)(c1ccccc1)c1ccccc1)c1ccccc1)(c1ccccc1)c1ccccc1. The molecule has 7 heteroatoms. The molecule has 0 heterocycles. The summed E-state index contributed by atoms with van der Waals surface area (Å²) in [4.78, 5) is 0. The van der Waals surface area contributed by atoms with Crippen LogP contribution in [0.3, 0.4) is 0 Å². The first-order valence-corrected chi connectivity index (χ1v) is 23.4. The summed E-state index contributed by atoms with van der Waals surface area (Å²) in [5.74, 6) is 0. The van der Waals surface area contributed by atoms with Crippen molar-refractivity contribution in [3.63, 3.8) is 0 Å². The van der Waals surface area contributed by atoms with Crippen LogP contribution in [-0.4, -0.2) is 24.3 Å². The van der Waals surface area contributed by atoms with Crippen LogP contribution in [0.1, 0.15) is 0 Å². The van der Waals surface area contributed by atoms with Crippen LogP contribution < -0.4 is 37.3 Å². The van der Waals surface area contributed by atoms with E-state index in [-0.39, 0.29) is 18.2 Å². The van der Waals surface area contributed by atoms with Gasteiger partial charge < -0.3 is 13.7 Å². The number of hydrogen-bond donors (Lipinski definition) is 0. The number of rotatable bonds is 13. The molecule has 0 aliphatic rings. The molecule has 258 valence electrons. The van der Waals surface area contributed by atoms with Crippen molar-refractivity contribution in [1.29, 1.82) is 0 Å². The molecular formula is C45H41BO3P3-. The first kappa shape index (κ1) is 35.7. The second-order valence-corrected chi connectivity index (χ2v) is 22.3. The molecule has 0 unspecified atom stereocenters. The molecular weight excluding hydrogens is 692 g/mol. The van der Waals surface area contributed by atoms with Crippen LogP contribution in [0.4, 0.5) is 0 Å². The number of hydrogen-bond acceptors (Lipinski definition) is 3. The van der Waals surface area contributed by atoms with Gasteiger partial charge in [-0.25, -0.2) is 5.46 Å². The van der Waals surface area contributed by atoms with Gasteiger partial charge in [-0.3, -0.25) is 0 Å². The van der Waals surface area contributed by atoms with Crippen molar-refractivity contribution in [2.75, 3.05) is 18.2 Å². The molecule has 7 aromatic carbocycles. The van der Waals surface area contributed by atoms with Crippen LogP contribution in [0, 0.1) is 0 Å². The van der Waals surface area contributed by atoms with Gasteiger partial charge in [0, 0.05) is 31.8 Å². The van der Waals surface area contributed by atoms with E-state index in [9.17, 15) is 0 Å². The number of benzene rings is 7. The molecule has 0 saturated heterocycles. The normalized spacial score (nSPS) is 12.3. The van der Waals surface area contributed by atoms with Crippen LogP contribution in [-0.2, 0) is 13.7 Å². The zero-order chi connectivity index (χ0) is 35.9. The van der Waals surface area contributed by atoms with Gasteiger partial charge in [-0.15, -0.1) is 18.2 Å². The highest BCUT2D eigenvalue weighted by atomic mass is 31.2. The molecule has 0 saturated carbocycles. The first-order valence-electron chi connectivity index (χ1n) is 17.7. The molecule has 0 aliphatic carbocycles. The fourth-order valence-electron chi connectivity index (χ4n) is 7.92. The van der Waals surface area contributed by atoms with Crippen molar-refractivity contribution in [3.8, 4) is 0 Å². The largest absolute Gasteiger partial charge is 0.317 e. The lowest BCUT2D eigenvalue weighted by atomic mass is 9.25. The Labute approximate surface area is 307 Å². The summed E-state index contributed by atoms with van der Waals surface area (Å²) < 4.78 is 49.1. The Balaban J connectivity index is 1.57. The van der Waals surface area contributed by atoms with E-state index in [4.69, 9.17) is 0 Å². The molecule has 0 aliphatic heterocycles. The smallest absolute Gasteiger partial charge is 0.111 e. The Morgan fingerprint density at radius 2 is 0.442 bits per heavy atom.